The number of amides is 1. The number of carbonyl (C=O) groups excluding carboxylic acids is 1. The first-order valence-corrected chi connectivity index (χ1v) is 8.82. The maximum atomic E-state index is 12.3. The van der Waals surface area contributed by atoms with Crippen LogP contribution < -0.4 is 10.1 Å². The minimum absolute atomic E-state index is 0.210. The van der Waals surface area contributed by atoms with E-state index in [0.717, 1.165) is 0 Å². The number of hydrogen-bond donors (Lipinski definition) is 1. The number of hydrogen-bond acceptors (Lipinski definition) is 7. The molecule has 9 heteroatoms. The summed E-state index contributed by atoms with van der Waals surface area (Å²) in [7, 11) is 1.62. The number of anilines is 1. The van der Waals surface area contributed by atoms with Crippen LogP contribution in [0.2, 0.25) is 0 Å². The standard InChI is InChI=1S/C18H26N4O5/c1-4-25-17(26-5-2)13-22-12-16(20-21-22)18(23)19-14-6-8-15(9-7-14)27-11-10-24-3/h6-9,12,17H,4-5,10-11,13H2,1-3H3,(H,19,23). The van der Waals surface area contributed by atoms with E-state index in [1.807, 2.05) is 13.8 Å². The number of methoxy groups -OCH3 is 1. The third-order valence-corrected chi connectivity index (χ3v) is 3.48. The second-order valence-electron chi connectivity index (χ2n) is 5.49. The molecule has 0 saturated carbocycles. The Bertz CT molecular complexity index is 683. The van der Waals surface area contributed by atoms with Crippen LogP contribution >= 0.6 is 0 Å². The molecule has 1 aromatic heterocycles. The average molecular weight is 378 g/mol. The Morgan fingerprint density at radius 1 is 1.15 bits per heavy atom. The fourth-order valence-electron chi connectivity index (χ4n) is 2.24. The van der Waals surface area contributed by atoms with Crippen LogP contribution in [0.25, 0.3) is 0 Å². The molecule has 0 fully saturated rings. The van der Waals surface area contributed by atoms with Crippen molar-refractivity contribution in [3.05, 3.63) is 36.2 Å². The van der Waals surface area contributed by atoms with Gasteiger partial charge in [-0.3, -0.25) is 4.79 Å². The number of ether oxygens (including phenoxy) is 4. The van der Waals surface area contributed by atoms with Crippen molar-refractivity contribution >= 4 is 11.6 Å². The first-order chi connectivity index (χ1) is 13.2. The Kier molecular flexibility index (Phi) is 8.69. The Balaban J connectivity index is 1.89. The molecule has 0 aliphatic carbocycles. The molecule has 1 amide bonds. The summed E-state index contributed by atoms with van der Waals surface area (Å²) in [6.07, 6.45) is 1.13. The van der Waals surface area contributed by atoms with Gasteiger partial charge in [0.15, 0.2) is 12.0 Å². The summed E-state index contributed by atoms with van der Waals surface area (Å²) >= 11 is 0. The van der Waals surface area contributed by atoms with Gasteiger partial charge in [0.05, 0.1) is 19.3 Å². The van der Waals surface area contributed by atoms with Crippen LogP contribution in [0.5, 0.6) is 5.75 Å². The van der Waals surface area contributed by atoms with Crippen molar-refractivity contribution in [2.45, 2.75) is 26.7 Å². The topological polar surface area (TPSA) is 96.7 Å². The lowest BCUT2D eigenvalue weighted by Crippen LogP contribution is -2.24. The molecular formula is C18H26N4O5. The van der Waals surface area contributed by atoms with E-state index in [2.05, 4.69) is 15.6 Å². The highest BCUT2D eigenvalue weighted by Gasteiger charge is 2.14. The molecule has 27 heavy (non-hydrogen) atoms. The molecule has 0 aliphatic rings. The van der Waals surface area contributed by atoms with Gasteiger partial charge in [0.2, 0.25) is 0 Å². The van der Waals surface area contributed by atoms with Gasteiger partial charge in [-0.2, -0.15) is 0 Å². The summed E-state index contributed by atoms with van der Waals surface area (Å²) < 4.78 is 22.9. The van der Waals surface area contributed by atoms with Crippen molar-refractivity contribution in [3.8, 4) is 5.75 Å². The van der Waals surface area contributed by atoms with Crippen molar-refractivity contribution in [3.63, 3.8) is 0 Å². The number of aromatic nitrogens is 3. The third-order valence-electron chi connectivity index (χ3n) is 3.48. The van der Waals surface area contributed by atoms with Crippen molar-refractivity contribution in [1.29, 1.82) is 0 Å². The number of nitrogens with one attached hydrogen (secondary N) is 1. The quantitative estimate of drug-likeness (QED) is 0.445. The second kappa shape index (κ2) is 11.3. The van der Waals surface area contributed by atoms with Gasteiger partial charge >= 0.3 is 0 Å². The molecule has 0 spiro atoms. The molecule has 9 nitrogen and oxygen atoms in total. The van der Waals surface area contributed by atoms with Crippen LogP contribution in [0.4, 0.5) is 5.69 Å². The Morgan fingerprint density at radius 2 is 1.85 bits per heavy atom. The largest absolute Gasteiger partial charge is 0.491 e. The molecule has 1 aromatic carbocycles. The molecule has 0 unspecified atom stereocenters. The normalized spacial score (nSPS) is 11.0. The van der Waals surface area contributed by atoms with Crippen molar-refractivity contribution in [2.75, 3.05) is 38.9 Å². The maximum Gasteiger partial charge on any atom is 0.277 e. The predicted octanol–water partition coefficient (Wildman–Crippen LogP) is 1.95. The zero-order valence-corrected chi connectivity index (χ0v) is 15.9. The number of nitrogens with zero attached hydrogens (tertiary/aromatic N) is 3. The molecule has 1 heterocycles. The highest BCUT2D eigenvalue weighted by molar-refractivity contribution is 6.02. The highest BCUT2D eigenvalue weighted by Crippen LogP contribution is 2.16. The van der Waals surface area contributed by atoms with Crippen LogP contribution in [-0.2, 0) is 20.8 Å². The summed E-state index contributed by atoms with van der Waals surface area (Å²) in [6, 6.07) is 7.06. The lowest BCUT2D eigenvalue weighted by Gasteiger charge is -2.16. The monoisotopic (exact) mass is 378 g/mol. The van der Waals surface area contributed by atoms with E-state index in [1.165, 1.54) is 4.68 Å². The second-order valence-corrected chi connectivity index (χ2v) is 5.49. The molecule has 2 rings (SSSR count). The Hall–Kier alpha value is -2.49. The Morgan fingerprint density at radius 3 is 2.48 bits per heavy atom. The summed E-state index contributed by atoms with van der Waals surface area (Å²) in [5.74, 6) is 0.354. The minimum Gasteiger partial charge on any atom is -0.491 e. The van der Waals surface area contributed by atoms with Crippen molar-refractivity contribution < 1.29 is 23.7 Å². The van der Waals surface area contributed by atoms with E-state index in [4.69, 9.17) is 18.9 Å². The summed E-state index contributed by atoms with van der Waals surface area (Å²) in [5, 5.41) is 10.6. The lowest BCUT2D eigenvalue weighted by molar-refractivity contribution is -0.145. The molecule has 148 valence electrons. The zero-order valence-electron chi connectivity index (χ0n) is 15.9. The fourth-order valence-corrected chi connectivity index (χ4v) is 2.24. The number of rotatable bonds is 12. The molecule has 0 saturated heterocycles. The van der Waals surface area contributed by atoms with Gasteiger partial charge in [-0.15, -0.1) is 5.10 Å². The summed E-state index contributed by atoms with van der Waals surface area (Å²) in [6.45, 7) is 6.17. The summed E-state index contributed by atoms with van der Waals surface area (Å²) in [4.78, 5) is 12.3. The van der Waals surface area contributed by atoms with Crippen LogP contribution in [0.15, 0.2) is 30.5 Å². The van der Waals surface area contributed by atoms with E-state index < -0.39 is 6.29 Å². The van der Waals surface area contributed by atoms with Gasteiger partial charge in [0.1, 0.15) is 12.4 Å². The highest BCUT2D eigenvalue weighted by atomic mass is 16.7. The molecule has 0 atom stereocenters. The van der Waals surface area contributed by atoms with Gasteiger partial charge < -0.3 is 24.3 Å². The smallest absolute Gasteiger partial charge is 0.277 e. The van der Waals surface area contributed by atoms with Crippen LogP contribution in [0.1, 0.15) is 24.3 Å². The lowest BCUT2D eigenvalue weighted by atomic mass is 10.3. The average Bonchev–Trinajstić information content (AvgIpc) is 3.12. The van der Waals surface area contributed by atoms with Gasteiger partial charge in [0.25, 0.3) is 5.91 Å². The van der Waals surface area contributed by atoms with Crippen LogP contribution in [0, 0.1) is 0 Å². The SMILES string of the molecule is CCOC(Cn1cc(C(=O)Nc2ccc(OCCOC)cc2)nn1)OCC. The zero-order chi connectivity index (χ0) is 19.5. The van der Waals surface area contributed by atoms with Gasteiger partial charge in [0, 0.05) is 26.0 Å². The van der Waals surface area contributed by atoms with Crippen LogP contribution in [0.3, 0.4) is 0 Å². The minimum atomic E-state index is -0.428. The fraction of sp³-hybridized carbons (Fsp3) is 0.500. The van der Waals surface area contributed by atoms with E-state index in [0.29, 0.717) is 44.4 Å². The molecule has 0 radical (unpaired) electrons. The van der Waals surface area contributed by atoms with Crippen molar-refractivity contribution in [1.82, 2.24) is 15.0 Å². The number of carbonyl (C=O) groups is 1. The van der Waals surface area contributed by atoms with E-state index in [9.17, 15) is 4.79 Å². The molecule has 0 aliphatic heterocycles. The molecule has 1 N–H and O–H groups in total. The van der Waals surface area contributed by atoms with Gasteiger partial charge in [-0.25, -0.2) is 4.68 Å². The third kappa shape index (κ3) is 6.97. The number of benzene rings is 1. The Labute approximate surface area is 158 Å². The molecular weight excluding hydrogens is 352 g/mol. The predicted molar refractivity (Wildman–Crippen MR) is 98.8 cm³/mol. The maximum absolute atomic E-state index is 12.3. The molecule has 2 aromatic rings. The van der Waals surface area contributed by atoms with E-state index in [-0.39, 0.29) is 11.6 Å². The van der Waals surface area contributed by atoms with Crippen molar-refractivity contribution in [2.24, 2.45) is 0 Å². The first-order valence-electron chi connectivity index (χ1n) is 8.82. The molecule has 0 bridgehead atoms. The van der Waals surface area contributed by atoms with Crippen LogP contribution in [-0.4, -0.2) is 60.7 Å². The summed E-state index contributed by atoms with van der Waals surface area (Å²) in [5.41, 5.74) is 0.845. The van der Waals surface area contributed by atoms with Gasteiger partial charge in [-0.05, 0) is 38.1 Å². The van der Waals surface area contributed by atoms with E-state index in [1.54, 1.807) is 37.6 Å². The van der Waals surface area contributed by atoms with E-state index >= 15 is 0 Å². The first kappa shape index (κ1) is 20.8. The van der Waals surface area contributed by atoms with Gasteiger partial charge in [-0.1, -0.05) is 5.21 Å².